The lowest BCUT2D eigenvalue weighted by molar-refractivity contribution is -0.384. The minimum atomic E-state index is -0.506. The molecule has 1 aliphatic carbocycles. The number of hydrogen-bond donors (Lipinski definition) is 1. The molecule has 1 amide bonds. The van der Waals surface area contributed by atoms with E-state index in [-0.39, 0.29) is 11.6 Å². The van der Waals surface area contributed by atoms with Gasteiger partial charge in [-0.15, -0.1) is 10.2 Å². The smallest absolute Gasteiger partial charge is 0.269 e. The van der Waals surface area contributed by atoms with E-state index in [9.17, 15) is 14.9 Å². The molecule has 1 N–H and O–H groups in total. The van der Waals surface area contributed by atoms with Gasteiger partial charge < -0.3 is 0 Å². The Morgan fingerprint density at radius 2 is 2.00 bits per heavy atom. The predicted octanol–water partition coefficient (Wildman–Crippen LogP) is 2.58. The Hall–Kier alpha value is -2.35. The summed E-state index contributed by atoms with van der Waals surface area (Å²) in [6.45, 7) is 0. The Kier molecular flexibility index (Phi) is 3.15. The third-order valence-corrected chi connectivity index (χ3v) is 3.93. The molecule has 0 radical (unpaired) electrons. The summed E-state index contributed by atoms with van der Waals surface area (Å²) in [5.41, 5.74) is 0.298. The second kappa shape index (κ2) is 4.97. The van der Waals surface area contributed by atoms with Gasteiger partial charge in [0.1, 0.15) is 5.01 Å². The molecule has 1 aromatic carbocycles. The first kappa shape index (κ1) is 12.7. The van der Waals surface area contributed by atoms with E-state index in [2.05, 4.69) is 15.5 Å². The maximum atomic E-state index is 11.9. The zero-order valence-electron chi connectivity index (χ0n) is 10.3. The van der Waals surface area contributed by atoms with E-state index < -0.39 is 4.92 Å². The van der Waals surface area contributed by atoms with Crippen LogP contribution < -0.4 is 5.32 Å². The van der Waals surface area contributed by atoms with Gasteiger partial charge in [0.25, 0.3) is 11.6 Å². The molecule has 3 rings (SSSR count). The van der Waals surface area contributed by atoms with Crippen LogP contribution in [0.3, 0.4) is 0 Å². The Bertz CT molecular complexity index is 664. The molecule has 1 heterocycles. The summed E-state index contributed by atoms with van der Waals surface area (Å²) >= 11 is 1.37. The number of rotatable bonds is 4. The monoisotopic (exact) mass is 290 g/mol. The van der Waals surface area contributed by atoms with Crippen molar-refractivity contribution >= 4 is 28.1 Å². The van der Waals surface area contributed by atoms with Crippen LogP contribution in [0.5, 0.6) is 0 Å². The summed E-state index contributed by atoms with van der Waals surface area (Å²) in [6, 6.07) is 5.42. The number of anilines is 1. The molecule has 8 heteroatoms. The van der Waals surface area contributed by atoms with Gasteiger partial charge in [0.05, 0.1) is 4.92 Å². The first-order valence-electron chi connectivity index (χ1n) is 6.02. The van der Waals surface area contributed by atoms with Gasteiger partial charge in [-0.3, -0.25) is 20.2 Å². The average molecular weight is 290 g/mol. The van der Waals surface area contributed by atoms with Gasteiger partial charge in [-0.25, -0.2) is 0 Å². The lowest BCUT2D eigenvalue weighted by atomic mass is 10.2. The van der Waals surface area contributed by atoms with E-state index in [1.807, 2.05) is 0 Å². The third-order valence-electron chi connectivity index (χ3n) is 2.93. The highest BCUT2D eigenvalue weighted by molar-refractivity contribution is 7.15. The van der Waals surface area contributed by atoms with E-state index in [1.165, 1.54) is 35.6 Å². The molecular formula is C12H10N4O3S. The molecule has 1 fully saturated rings. The number of amides is 1. The number of nitrogens with zero attached hydrogens (tertiary/aromatic N) is 3. The van der Waals surface area contributed by atoms with E-state index in [4.69, 9.17) is 0 Å². The number of nitrogens with one attached hydrogen (secondary N) is 1. The second-order valence-corrected chi connectivity index (χ2v) is 5.49. The Labute approximate surface area is 117 Å². The van der Waals surface area contributed by atoms with E-state index in [0.717, 1.165) is 17.8 Å². The molecule has 0 bridgehead atoms. The van der Waals surface area contributed by atoms with Crippen molar-refractivity contribution in [2.24, 2.45) is 0 Å². The van der Waals surface area contributed by atoms with Gasteiger partial charge in [0.15, 0.2) is 0 Å². The molecule has 1 saturated carbocycles. The molecular weight excluding hydrogens is 280 g/mol. The fourth-order valence-electron chi connectivity index (χ4n) is 1.68. The van der Waals surface area contributed by atoms with Crippen LogP contribution in [0.1, 0.15) is 34.1 Å². The van der Waals surface area contributed by atoms with Crippen molar-refractivity contribution in [2.45, 2.75) is 18.8 Å². The van der Waals surface area contributed by atoms with Crippen LogP contribution in [0.15, 0.2) is 24.3 Å². The summed E-state index contributed by atoms with van der Waals surface area (Å²) in [6.07, 6.45) is 2.26. The largest absolute Gasteiger partial charge is 0.296 e. The van der Waals surface area contributed by atoms with Crippen molar-refractivity contribution in [2.75, 3.05) is 5.32 Å². The van der Waals surface area contributed by atoms with Crippen molar-refractivity contribution < 1.29 is 9.72 Å². The van der Waals surface area contributed by atoms with Gasteiger partial charge >= 0.3 is 0 Å². The Morgan fingerprint density at radius 3 is 2.60 bits per heavy atom. The number of carbonyl (C=O) groups is 1. The molecule has 0 spiro atoms. The zero-order valence-corrected chi connectivity index (χ0v) is 11.1. The van der Waals surface area contributed by atoms with Gasteiger partial charge in [0, 0.05) is 23.6 Å². The maximum Gasteiger partial charge on any atom is 0.269 e. The van der Waals surface area contributed by atoms with Crippen LogP contribution in [-0.2, 0) is 0 Å². The number of nitro benzene ring substituents is 1. The van der Waals surface area contributed by atoms with Crippen LogP contribution in [0, 0.1) is 10.1 Å². The summed E-state index contributed by atoms with van der Waals surface area (Å²) in [4.78, 5) is 22.0. The number of aromatic nitrogens is 2. The molecule has 0 aliphatic heterocycles. The van der Waals surface area contributed by atoms with Gasteiger partial charge in [-0.05, 0) is 25.0 Å². The summed E-state index contributed by atoms with van der Waals surface area (Å²) in [7, 11) is 0. The quantitative estimate of drug-likeness (QED) is 0.689. The molecule has 20 heavy (non-hydrogen) atoms. The van der Waals surface area contributed by atoms with Gasteiger partial charge in [-0.1, -0.05) is 11.3 Å². The minimum Gasteiger partial charge on any atom is -0.296 e. The summed E-state index contributed by atoms with van der Waals surface area (Å²) < 4.78 is 0. The zero-order chi connectivity index (χ0) is 14.1. The van der Waals surface area contributed by atoms with Crippen LogP contribution in [-0.4, -0.2) is 21.0 Å². The number of benzene rings is 1. The third kappa shape index (κ3) is 2.64. The molecule has 0 unspecified atom stereocenters. The topological polar surface area (TPSA) is 98.0 Å². The summed E-state index contributed by atoms with van der Waals surface area (Å²) in [5, 5.41) is 22.5. The predicted molar refractivity (Wildman–Crippen MR) is 72.9 cm³/mol. The molecule has 1 aliphatic rings. The lowest BCUT2D eigenvalue weighted by Crippen LogP contribution is -2.11. The highest BCUT2D eigenvalue weighted by atomic mass is 32.1. The van der Waals surface area contributed by atoms with Crippen LogP contribution >= 0.6 is 11.3 Å². The fourth-order valence-corrected chi connectivity index (χ4v) is 2.59. The van der Waals surface area contributed by atoms with E-state index in [0.29, 0.717) is 16.6 Å². The van der Waals surface area contributed by atoms with Crippen LogP contribution in [0.2, 0.25) is 0 Å². The molecule has 1 aromatic heterocycles. The SMILES string of the molecule is O=C(Nc1nnc(C2CC2)s1)c1ccc([N+](=O)[O-])cc1. The van der Waals surface area contributed by atoms with E-state index >= 15 is 0 Å². The average Bonchev–Trinajstić information content (AvgIpc) is 3.20. The van der Waals surface area contributed by atoms with E-state index in [1.54, 1.807) is 0 Å². The number of nitro groups is 1. The van der Waals surface area contributed by atoms with Crippen LogP contribution in [0.4, 0.5) is 10.8 Å². The molecule has 102 valence electrons. The maximum absolute atomic E-state index is 11.9. The summed E-state index contributed by atoms with van der Waals surface area (Å²) in [5.74, 6) is 0.149. The Morgan fingerprint density at radius 1 is 1.30 bits per heavy atom. The normalized spacial score (nSPS) is 14.0. The van der Waals surface area contributed by atoms with Crippen molar-refractivity contribution in [3.8, 4) is 0 Å². The number of carbonyl (C=O) groups excluding carboxylic acids is 1. The molecule has 7 nitrogen and oxygen atoms in total. The second-order valence-electron chi connectivity index (χ2n) is 4.48. The highest BCUT2D eigenvalue weighted by Gasteiger charge is 2.27. The highest BCUT2D eigenvalue weighted by Crippen LogP contribution is 2.42. The number of non-ortho nitro benzene ring substituents is 1. The van der Waals surface area contributed by atoms with Crippen molar-refractivity contribution in [3.63, 3.8) is 0 Å². The van der Waals surface area contributed by atoms with Crippen molar-refractivity contribution in [1.29, 1.82) is 0 Å². The van der Waals surface area contributed by atoms with Gasteiger partial charge in [0.2, 0.25) is 5.13 Å². The minimum absolute atomic E-state index is 0.0477. The van der Waals surface area contributed by atoms with Crippen molar-refractivity contribution in [3.05, 3.63) is 45.0 Å². The first-order valence-corrected chi connectivity index (χ1v) is 6.84. The fraction of sp³-hybridized carbons (Fsp3) is 0.250. The standard InChI is InChI=1S/C12H10N4O3S/c17-10(7-3-5-9(6-4-7)16(18)19)13-12-15-14-11(20-12)8-1-2-8/h3-6,8H,1-2H2,(H,13,15,17). The van der Waals surface area contributed by atoms with Crippen LogP contribution in [0.25, 0.3) is 0 Å². The molecule has 0 saturated heterocycles. The molecule has 0 atom stereocenters. The number of hydrogen-bond acceptors (Lipinski definition) is 6. The lowest BCUT2D eigenvalue weighted by Gasteiger charge is -2.00. The molecule has 2 aromatic rings. The van der Waals surface area contributed by atoms with Crippen molar-refractivity contribution in [1.82, 2.24) is 10.2 Å². The van der Waals surface area contributed by atoms with Gasteiger partial charge in [-0.2, -0.15) is 0 Å². The Balaban J connectivity index is 1.69. The first-order chi connectivity index (χ1) is 9.63.